The summed E-state index contributed by atoms with van der Waals surface area (Å²) in [6.07, 6.45) is 5.94. The van der Waals surface area contributed by atoms with Gasteiger partial charge in [0.2, 0.25) is 11.8 Å². The smallest absolute Gasteiger partial charge is 0.245 e. The second-order valence-corrected chi connectivity index (χ2v) is 11.7. The maximum Gasteiger partial charge on any atom is 0.245 e. The Morgan fingerprint density at radius 1 is 1.15 bits per heavy atom. The molecule has 2 aromatic carbocycles. The molecule has 4 heterocycles. The predicted octanol–water partition coefficient (Wildman–Crippen LogP) is 3.63. The highest BCUT2D eigenvalue weighted by Gasteiger charge is 2.45. The van der Waals surface area contributed by atoms with Crippen molar-refractivity contribution in [1.82, 2.24) is 20.5 Å². The van der Waals surface area contributed by atoms with E-state index in [9.17, 15) is 14.0 Å². The summed E-state index contributed by atoms with van der Waals surface area (Å²) in [6.45, 7) is 2.49. The number of piperidine rings is 1. The van der Waals surface area contributed by atoms with Gasteiger partial charge >= 0.3 is 0 Å². The molecule has 0 radical (unpaired) electrons. The van der Waals surface area contributed by atoms with Crippen molar-refractivity contribution < 1.29 is 14.0 Å². The maximum atomic E-state index is 14.2. The van der Waals surface area contributed by atoms with Gasteiger partial charge in [0.15, 0.2) is 0 Å². The molecule has 40 heavy (non-hydrogen) atoms. The minimum atomic E-state index is -0.712. The van der Waals surface area contributed by atoms with Crippen LogP contribution in [0.25, 0.3) is 0 Å². The van der Waals surface area contributed by atoms with Crippen molar-refractivity contribution in [3.63, 3.8) is 0 Å². The number of rotatable bonds is 5. The second kappa shape index (κ2) is 10.8. The van der Waals surface area contributed by atoms with Crippen molar-refractivity contribution >= 4 is 29.1 Å². The summed E-state index contributed by atoms with van der Waals surface area (Å²) in [7, 11) is 2.04. The summed E-state index contributed by atoms with van der Waals surface area (Å²) in [4.78, 5) is 35.6. The summed E-state index contributed by atoms with van der Waals surface area (Å²) in [5.74, 6) is -0.522. The Bertz CT molecular complexity index is 1420. The molecule has 9 heteroatoms. The topological polar surface area (TPSA) is 77.6 Å². The highest BCUT2D eigenvalue weighted by Crippen LogP contribution is 2.46. The van der Waals surface area contributed by atoms with Crippen LogP contribution >= 0.6 is 11.6 Å². The molecule has 3 aromatic rings. The number of hydrogen-bond donors (Lipinski definition) is 2. The maximum absolute atomic E-state index is 14.2. The SMILES string of the molecule is CN1CC2(CCN(C(=O)[C@@H](Cc3ccc(Cl)cc3)NC(=O)[C@@H]3Cc4cnccc4CN3)CC2)c2cc(F)ccc21. The molecule has 208 valence electrons. The number of nitrogens with one attached hydrogen (secondary N) is 2. The molecule has 3 aliphatic rings. The van der Waals surface area contributed by atoms with Gasteiger partial charge in [0, 0.05) is 68.2 Å². The van der Waals surface area contributed by atoms with Crippen molar-refractivity contribution in [2.45, 2.75) is 49.7 Å². The number of aromatic nitrogens is 1. The van der Waals surface area contributed by atoms with E-state index in [1.165, 1.54) is 6.07 Å². The van der Waals surface area contributed by atoms with Gasteiger partial charge in [-0.1, -0.05) is 23.7 Å². The van der Waals surface area contributed by atoms with E-state index in [0.29, 0.717) is 37.5 Å². The van der Waals surface area contributed by atoms with E-state index in [2.05, 4.69) is 20.5 Å². The van der Waals surface area contributed by atoms with Crippen molar-refractivity contribution in [3.05, 3.63) is 94.0 Å². The van der Waals surface area contributed by atoms with E-state index in [1.807, 2.05) is 36.2 Å². The Morgan fingerprint density at radius 3 is 2.70 bits per heavy atom. The van der Waals surface area contributed by atoms with Gasteiger partial charge in [-0.05, 0) is 77.9 Å². The lowest BCUT2D eigenvalue weighted by atomic mass is 9.74. The van der Waals surface area contributed by atoms with Gasteiger partial charge in [-0.25, -0.2) is 4.39 Å². The molecule has 0 unspecified atom stereocenters. The molecule has 1 aromatic heterocycles. The number of carbonyl (C=O) groups is 2. The Labute approximate surface area is 238 Å². The number of carbonyl (C=O) groups excluding carboxylic acids is 2. The van der Waals surface area contributed by atoms with Gasteiger partial charge in [-0.2, -0.15) is 0 Å². The van der Waals surface area contributed by atoms with Crippen LogP contribution in [-0.2, 0) is 34.4 Å². The molecule has 0 bridgehead atoms. The number of halogens is 2. The number of nitrogens with zero attached hydrogens (tertiary/aromatic N) is 3. The molecule has 2 atom stereocenters. The summed E-state index contributed by atoms with van der Waals surface area (Å²) in [5, 5.41) is 6.99. The molecule has 1 saturated heterocycles. The summed E-state index contributed by atoms with van der Waals surface area (Å²) in [5.41, 5.74) is 5.02. The highest BCUT2D eigenvalue weighted by atomic mass is 35.5. The van der Waals surface area contributed by atoms with Crippen molar-refractivity contribution in [3.8, 4) is 0 Å². The monoisotopic (exact) mass is 561 g/mol. The molecule has 1 spiro atoms. The number of fused-ring (bicyclic) bond motifs is 3. The lowest BCUT2D eigenvalue weighted by Gasteiger charge is -2.41. The van der Waals surface area contributed by atoms with E-state index in [1.54, 1.807) is 30.6 Å². The fourth-order valence-electron chi connectivity index (χ4n) is 6.54. The lowest BCUT2D eigenvalue weighted by molar-refractivity contribution is -0.138. The lowest BCUT2D eigenvalue weighted by Crippen LogP contribution is -2.57. The van der Waals surface area contributed by atoms with Crippen LogP contribution in [0.1, 0.15) is 35.1 Å². The van der Waals surface area contributed by atoms with Crippen LogP contribution in [0.4, 0.5) is 10.1 Å². The van der Waals surface area contributed by atoms with Crippen LogP contribution in [-0.4, -0.2) is 60.5 Å². The van der Waals surface area contributed by atoms with E-state index in [0.717, 1.165) is 47.3 Å². The Morgan fingerprint density at radius 2 is 1.93 bits per heavy atom. The number of anilines is 1. The molecule has 1 fully saturated rings. The van der Waals surface area contributed by atoms with Crippen LogP contribution < -0.4 is 15.5 Å². The summed E-state index contributed by atoms with van der Waals surface area (Å²) >= 11 is 6.09. The van der Waals surface area contributed by atoms with Crippen LogP contribution in [0.5, 0.6) is 0 Å². The first-order valence-corrected chi connectivity index (χ1v) is 14.2. The zero-order valence-electron chi connectivity index (χ0n) is 22.5. The first-order valence-electron chi connectivity index (χ1n) is 13.8. The van der Waals surface area contributed by atoms with Crippen molar-refractivity contribution in [1.29, 1.82) is 0 Å². The number of likely N-dealkylation sites (N-methyl/N-ethyl adjacent to an activating group) is 1. The van der Waals surface area contributed by atoms with Crippen LogP contribution in [0, 0.1) is 5.82 Å². The standard InChI is InChI=1S/C31H33ClFN5O2/c1-37-19-31(25-16-24(33)6-7-28(25)37)9-12-38(13-10-31)30(40)27(14-20-2-4-23(32)5-3-20)36-29(39)26-15-22-17-34-11-8-21(22)18-35-26/h2-8,11,16-17,26-27,35H,9-10,12-15,18-19H2,1H3,(H,36,39)/t26-,27+/m0/s1. The normalized spacial score (nSPS) is 20.1. The Hall–Kier alpha value is -3.49. The second-order valence-electron chi connectivity index (χ2n) is 11.3. The highest BCUT2D eigenvalue weighted by molar-refractivity contribution is 6.30. The quantitative estimate of drug-likeness (QED) is 0.497. The van der Waals surface area contributed by atoms with Gasteiger partial charge in [-0.15, -0.1) is 0 Å². The number of benzene rings is 2. The Balaban J connectivity index is 1.18. The number of amides is 2. The predicted molar refractivity (Wildman–Crippen MR) is 153 cm³/mol. The van der Waals surface area contributed by atoms with Gasteiger partial charge in [0.25, 0.3) is 0 Å². The molecule has 7 nitrogen and oxygen atoms in total. The number of likely N-dealkylation sites (tertiary alicyclic amines) is 1. The minimum Gasteiger partial charge on any atom is -0.373 e. The van der Waals surface area contributed by atoms with E-state index in [-0.39, 0.29) is 23.0 Å². The average Bonchev–Trinajstić information content (AvgIpc) is 3.23. The molecule has 6 rings (SSSR count). The first-order chi connectivity index (χ1) is 19.3. The molecule has 0 saturated carbocycles. The molecule has 2 N–H and O–H groups in total. The van der Waals surface area contributed by atoms with Crippen LogP contribution in [0.15, 0.2) is 60.9 Å². The van der Waals surface area contributed by atoms with Gasteiger partial charge in [-0.3, -0.25) is 14.6 Å². The molecule has 0 aliphatic carbocycles. The fourth-order valence-corrected chi connectivity index (χ4v) is 6.67. The van der Waals surface area contributed by atoms with Gasteiger partial charge in [0.1, 0.15) is 11.9 Å². The van der Waals surface area contributed by atoms with Gasteiger partial charge < -0.3 is 20.4 Å². The zero-order chi connectivity index (χ0) is 27.9. The Kier molecular flexibility index (Phi) is 7.23. The molecular weight excluding hydrogens is 529 g/mol. The summed E-state index contributed by atoms with van der Waals surface area (Å²) in [6, 6.07) is 13.2. The van der Waals surface area contributed by atoms with E-state index >= 15 is 0 Å². The zero-order valence-corrected chi connectivity index (χ0v) is 23.3. The molecule has 2 amide bonds. The molecule has 3 aliphatic heterocycles. The first kappa shape index (κ1) is 26.7. The third kappa shape index (κ3) is 5.18. The van der Waals surface area contributed by atoms with Crippen LogP contribution in [0.2, 0.25) is 5.02 Å². The van der Waals surface area contributed by atoms with E-state index < -0.39 is 12.1 Å². The molecular formula is C31H33ClFN5O2. The van der Waals surface area contributed by atoms with Crippen LogP contribution in [0.3, 0.4) is 0 Å². The summed E-state index contributed by atoms with van der Waals surface area (Å²) < 4.78 is 14.2. The number of pyridine rings is 1. The van der Waals surface area contributed by atoms with E-state index in [4.69, 9.17) is 11.6 Å². The van der Waals surface area contributed by atoms with Crippen molar-refractivity contribution in [2.75, 3.05) is 31.6 Å². The number of hydrogen-bond acceptors (Lipinski definition) is 5. The minimum absolute atomic E-state index is 0.0955. The largest absolute Gasteiger partial charge is 0.373 e. The fraction of sp³-hybridized carbons (Fsp3) is 0.387. The third-order valence-electron chi connectivity index (χ3n) is 8.76. The average molecular weight is 562 g/mol. The third-order valence-corrected chi connectivity index (χ3v) is 9.02. The van der Waals surface area contributed by atoms with Gasteiger partial charge in [0.05, 0.1) is 6.04 Å². The van der Waals surface area contributed by atoms with Crippen molar-refractivity contribution in [2.24, 2.45) is 0 Å².